The van der Waals surface area contributed by atoms with Crippen LogP contribution in [0.3, 0.4) is 0 Å². The van der Waals surface area contributed by atoms with E-state index in [2.05, 4.69) is 28.9 Å². The number of hydrogen-bond acceptors (Lipinski definition) is 6. The van der Waals surface area contributed by atoms with Crippen molar-refractivity contribution in [3.63, 3.8) is 0 Å². The topological polar surface area (TPSA) is 67.8 Å². The molecule has 1 aliphatic rings. The van der Waals surface area contributed by atoms with Gasteiger partial charge in [0.25, 0.3) is 0 Å². The summed E-state index contributed by atoms with van der Waals surface area (Å²) in [6.45, 7) is 8.15. The number of ether oxygens (including phenoxy) is 2. The van der Waals surface area contributed by atoms with Gasteiger partial charge in [-0.3, -0.25) is 4.79 Å². The lowest BCUT2D eigenvalue weighted by Gasteiger charge is -2.35. The highest BCUT2D eigenvalue weighted by atomic mass is 16.5. The van der Waals surface area contributed by atoms with E-state index in [1.54, 1.807) is 7.11 Å². The highest BCUT2D eigenvalue weighted by molar-refractivity contribution is 5.76. The monoisotopic (exact) mass is 322 g/mol. The van der Waals surface area contributed by atoms with E-state index in [9.17, 15) is 4.79 Å². The van der Waals surface area contributed by atoms with Crippen molar-refractivity contribution in [2.24, 2.45) is 5.92 Å². The second kappa shape index (κ2) is 8.67. The first-order valence-corrected chi connectivity index (χ1v) is 8.08. The second-order valence-electron chi connectivity index (χ2n) is 6.04. The van der Waals surface area contributed by atoms with Crippen LogP contribution in [0.5, 0.6) is 5.88 Å². The normalized spacial score (nSPS) is 15.1. The third kappa shape index (κ3) is 5.35. The molecule has 1 fully saturated rings. The number of amides is 1. The Morgan fingerprint density at radius 2 is 1.91 bits per heavy atom. The Balaban J connectivity index is 1.81. The molecule has 2 rings (SSSR count). The van der Waals surface area contributed by atoms with Crippen molar-refractivity contribution in [1.82, 2.24) is 15.1 Å². The minimum Gasteiger partial charge on any atom is -0.474 e. The highest BCUT2D eigenvalue weighted by Crippen LogP contribution is 2.16. The van der Waals surface area contributed by atoms with Gasteiger partial charge in [0.05, 0.1) is 6.61 Å². The number of methoxy groups -OCH3 is 1. The zero-order valence-corrected chi connectivity index (χ0v) is 14.2. The number of carbonyl (C=O) groups is 1. The van der Waals surface area contributed by atoms with Crippen LogP contribution in [0.4, 0.5) is 5.82 Å². The molecule has 0 atom stereocenters. The lowest BCUT2D eigenvalue weighted by molar-refractivity contribution is -0.132. The predicted molar refractivity (Wildman–Crippen MR) is 87.7 cm³/mol. The summed E-state index contributed by atoms with van der Waals surface area (Å²) in [7, 11) is 1.63. The summed E-state index contributed by atoms with van der Waals surface area (Å²) in [5.41, 5.74) is 0. The Morgan fingerprint density at radius 3 is 2.48 bits per heavy atom. The van der Waals surface area contributed by atoms with Crippen LogP contribution >= 0.6 is 0 Å². The molecule has 23 heavy (non-hydrogen) atoms. The van der Waals surface area contributed by atoms with Crippen molar-refractivity contribution >= 4 is 11.7 Å². The van der Waals surface area contributed by atoms with Crippen molar-refractivity contribution in [2.75, 3.05) is 51.4 Å². The maximum atomic E-state index is 12.1. The molecular weight excluding hydrogens is 296 g/mol. The maximum absolute atomic E-state index is 12.1. The Labute approximate surface area is 137 Å². The highest BCUT2D eigenvalue weighted by Gasteiger charge is 2.22. The predicted octanol–water partition coefficient (Wildman–Crippen LogP) is 1.20. The molecule has 0 saturated carbocycles. The van der Waals surface area contributed by atoms with Gasteiger partial charge in [0, 0.05) is 45.8 Å². The summed E-state index contributed by atoms with van der Waals surface area (Å²) in [5.74, 6) is 1.96. The molecule has 1 aliphatic heterocycles. The molecule has 0 bridgehead atoms. The van der Waals surface area contributed by atoms with Crippen molar-refractivity contribution in [3.05, 3.63) is 12.1 Å². The zero-order chi connectivity index (χ0) is 16.7. The van der Waals surface area contributed by atoms with Gasteiger partial charge in [-0.25, -0.2) is 0 Å². The Morgan fingerprint density at radius 1 is 1.17 bits per heavy atom. The largest absolute Gasteiger partial charge is 0.474 e. The molecule has 7 nitrogen and oxygen atoms in total. The number of piperazine rings is 1. The molecule has 2 heterocycles. The van der Waals surface area contributed by atoms with Gasteiger partial charge >= 0.3 is 0 Å². The summed E-state index contributed by atoms with van der Waals surface area (Å²) in [6.07, 6.45) is 0.618. The van der Waals surface area contributed by atoms with Crippen LogP contribution < -0.4 is 9.64 Å². The fourth-order valence-electron chi connectivity index (χ4n) is 2.45. The molecule has 0 N–H and O–H groups in total. The molecule has 0 radical (unpaired) electrons. The Bertz CT molecular complexity index is 485. The van der Waals surface area contributed by atoms with Crippen LogP contribution in [0, 0.1) is 5.92 Å². The van der Waals surface area contributed by atoms with E-state index in [0.29, 0.717) is 31.4 Å². The quantitative estimate of drug-likeness (QED) is 0.703. The first-order chi connectivity index (χ1) is 11.1. The van der Waals surface area contributed by atoms with Crippen molar-refractivity contribution in [3.8, 4) is 5.88 Å². The molecule has 0 aromatic carbocycles. The van der Waals surface area contributed by atoms with Gasteiger partial charge in [-0.15, -0.1) is 10.2 Å². The number of hydrogen-bond donors (Lipinski definition) is 0. The van der Waals surface area contributed by atoms with Crippen LogP contribution in [-0.2, 0) is 9.53 Å². The average molecular weight is 322 g/mol. The fraction of sp³-hybridized carbons (Fsp3) is 0.688. The van der Waals surface area contributed by atoms with Crippen LogP contribution in [0.15, 0.2) is 12.1 Å². The Hall–Kier alpha value is -1.89. The summed E-state index contributed by atoms with van der Waals surface area (Å²) in [5, 5.41) is 8.28. The maximum Gasteiger partial charge on any atom is 0.233 e. The van der Waals surface area contributed by atoms with Crippen LogP contribution in [-0.4, -0.2) is 67.5 Å². The van der Waals surface area contributed by atoms with Crippen LogP contribution in [0.25, 0.3) is 0 Å². The van der Waals surface area contributed by atoms with Gasteiger partial charge < -0.3 is 19.3 Å². The summed E-state index contributed by atoms with van der Waals surface area (Å²) in [6, 6.07) is 3.72. The van der Waals surface area contributed by atoms with E-state index in [-0.39, 0.29) is 5.91 Å². The first-order valence-electron chi connectivity index (χ1n) is 8.08. The molecule has 1 aromatic heterocycles. The van der Waals surface area contributed by atoms with Crippen LogP contribution in [0.2, 0.25) is 0 Å². The van der Waals surface area contributed by atoms with Crippen molar-refractivity contribution in [2.45, 2.75) is 20.3 Å². The lowest BCUT2D eigenvalue weighted by Crippen LogP contribution is -2.49. The molecule has 1 aromatic rings. The van der Waals surface area contributed by atoms with Gasteiger partial charge in [0.1, 0.15) is 6.61 Å². The molecule has 0 aliphatic carbocycles. The van der Waals surface area contributed by atoms with E-state index in [4.69, 9.17) is 9.47 Å². The number of rotatable bonds is 7. The van der Waals surface area contributed by atoms with Crippen molar-refractivity contribution in [1.29, 1.82) is 0 Å². The summed E-state index contributed by atoms with van der Waals surface area (Å²) < 4.78 is 10.3. The number of nitrogens with zero attached hydrogens (tertiary/aromatic N) is 4. The van der Waals surface area contributed by atoms with Gasteiger partial charge in [-0.1, -0.05) is 13.8 Å². The molecule has 0 unspecified atom stereocenters. The average Bonchev–Trinajstić information content (AvgIpc) is 2.55. The fourth-order valence-corrected chi connectivity index (χ4v) is 2.45. The third-order valence-electron chi connectivity index (χ3n) is 3.70. The standard InChI is InChI=1S/C16H26N4O3/c1-13(2)12-16(21)20-8-6-19(7-9-20)14-4-5-15(18-17-14)23-11-10-22-3/h4-5,13H,6-12H2,1-3H3. The number of aromatic nitrogens is 2. The minimum absolute atomic E-state index is 0.243. The zero-order valence-electron chi connectivity index (χ0n) is 14.2. The van der Waals surface area contributed by atoms with E-state index in [0.717, 1.165) is 32.0 Å². The first kappa shape index (κ1) is 17.5. The van der Waals surface area contributed by atoms with E-state index in [1.165, 1.54) is 0 Å². The molecule has 128 valence electrons. The minimum atomic E-state index is 0.243. The van der Waals surface area contributed by atoms with Gasteiger partial charge in [-0.2, -0.15) is 0 Å². The SMILES string of the molecule is COCCOc1ccc(N2CCN(C(=O)CC(C)C)CC2)nn1. The van der Waals surface area contributed by atoms with E-state index >= 15 is 0 Å². The molecule has 7 heteroatoms. The molecule has 1 amide bonds. The lowest BCUT2D eigenvalue weighted by atomic mass is 10.1. The van der Waals surface area contributed by atoms with Gasteiger partial charge in [-0.05, 0) is 12.0 Å². The summed E-state index contributed by atoms with van der Waals surface area (Å²) in [4.78, 5) is 16.2. The molecule has 1 saturated heterocycles. The number of carbonyl (C=O) groups excluding carboxylic acids is 1. The van der Waals surface area contributed by atoms with Gasteiger partial charge in [0.15, 0.2) is 5.82 Å². The van der Waals surface area contributed by atoms with Crippen molar-refractivity contribution < 1.29 is 14.3 Å². The van der Waals surface area contributed by atoms with Crippen LogP contribution in [0.1, 0.15) is 20.3 Å². The summed E-state index contributed by atoms with van der Waals surface area (Å²) >= 11 is 0. The molecule has 0 spiro atoms. The van der Waals surface area contributed by atoms with E-state index in [1.807, 2.05) is 17.0 Å². The Kier molecular flexibility index (Phi) is 6.58. The third-order valence-corrected chi connectivity index (χ3v) is 3.70. The second-order valence-corrected chi connectivity index (χ2v) is 6.04. The van der Waals surface area contributed by atoms with E-state index < -0.39 is 0 Å². The van der Waals surface area contributed by atoms with Gasteiger partial charge in [0.2, 0.25) is 11.8 Å². The number of anilines is 1. The molecular formula is C16H26N4O3. The smallest absolute Gasteiger partial charge is 0.233 e.